The fourth-order valence-electron chi connectivity index (χ4n) is 2.29. The molecule has 4 N–H and O–H groups in total. The molecule has 1 atom stereocenters. The van der Waals surface area contributed by atoms with E-state index in [1.54, 1.807) is 6.92 Å². The minimum Gasteiger partial charge on any atom is -0.386 e. The Hall–Kier alpha value is -1.84. The van der Waals surface area contributed by atoms with Gasteiger partial charge < -0.3 is 11.1 Å². The van der Waals surface area contributed by atoms with Crippen LogP contribution in [-0.4, -0.2) is 17.8 Å². The third-order valence-corrected chi connectivity index (χ3v) is 3.85. The van der Waals surface area contributed by atoms with Crippen LogP contribution in [0.25, 0.3) is 0 Å². The van der Waals surface area contributed by atoms with Crippen molar-refractivity contribution in [3.05, 3.63) is 35.4 Å². The second-order valence-corrected chi connectivity index (χ2v) is 5.87. The number of nitrogens with one attached hydrogen (secondary N) is 2. The zero-order valence-electron chi connectivity index (χ0n) is 13.8. The number of benzene rings is 1. The van der Waals surface area contributed by atoms with Crippen molar-refractivity contribution in [1.82, 2.24) is 5.32 Å². The van der Waals surface area contributed by atoms with Crippen LogP contribution < -0.4 is 11.1 Å². The van der Waals surface area contributed by atoms with Gasteiger partial charge in [0.2, 0.25) is 0 Å². The van der Waals surface area contributed by atoms with Crippen LogP contribution in [0.2, 0.25) is 0 Å². The van der Waals surface area contributed by atoms with Gasteiger partial charge in [-0.05, 0) is 37.5 Å². The number of aryl methyl sites for hydroxylation is 1. The Morgan fingerprint density at radius 2 is 1.73 bits per heavy atom. The largest absolute Gasteiger partial charge is 0.386 e. The molecule has 0 saturated heterocycles. The molecule has 0 aliphatic heterocycles. The van der Waals surface area contributed by atoms with Crippen LogP contribution in [-0.2, 0) is 6.42 Å². The van der Waals surface area contributed by atoms with E-state index in [-0.39, 0.29) is 11.7 Å². The van der Waals surface area contributed by atoms with Gasteiger partial charge in [0, 0.05) is 5.56 Å². The second-order valence-electron chi connectivity index (χ2n) is 5.87. The number of rotatable bonds is 10. The molecule has 0 aliphatic carbocycles. The Bertz CT molecular complexity index is 468. The number of unbranched alkanes of at least 4 members (excludes halogenated alkanes) is 5. The maximum Gasteiger partial charge on any atom is 0.251 e. The topological polar surface area (TPSA) is 79.0 Å². The Kier molecular flexibility index (Phi) is 8.26. The van der Waals surface area contributed by atoms with Crippen molar-refractivity contribution < 1.29 is 4.79 Å². The summed E-state index contributed by atoms with van der Waals surface area (Å²) in [4.78, 5) is 12.0. The van der Waals surface area contributed by atoms with Crippen LogP contribution in [0.3, 0.4) is 0 Å². The molecular weight excluding hydrogens is 274 g/mol. The van der Waals surface area contributed by atoms with Gasteiger partial charge in [-0.1, -0.05) is 51.2 Å². The average molecular weight is 303 g/mol. The zero-order valence-corrected chi connectivity index (χ0v) is 13.8. The molecule has 0 unspecified atom stereocenters. The summed E-state index contributed by atoms with van der Waals surface area (Å²) in [6.45, 7) is 3.93. The molecule has 122 valence electrons. The lowest BCUT2D eigenvalue weighted by Gasteiger charge is -2.12. The SMILES string of the molecule is CCCCCCCCc1ccc(C(=O)N[C@@H](C)C(=N)N)cc1. The molecule has 1 aromatic rings. The van der Waals surface area contributed by atoms with Gasteiger partial charge in [0.05, 0.1) is 6.04 Å². The summed E-state index contributed by atoms with van der Waals surface area (Å²) in [7, 11) is 0. The van der Waals surface area contributed by atoms with Crippen LogP contribution in [0, 0.1) is 5.41 Å². The van der Waals surface area contributed by atoms with E-state index in [1.165, 1.54) is 44.1 Å². The summed E-state index contributed by atoms with van der Waals surface area (Å²) < 4.78 is 0. The molecule has 1 amide bonds. The Labute approximate surface area is 134 Å². The first-order chi connectivity index (χ1) is 10.5. The standard InChI is InChI=1S/C18H29N3O/c1-3-4-5-6-7-8-9-15-10-12-16(13-11-15)18(22)21-14(2)17(19)20/h10-14H,3-9H2,1-2H3,(H3,19,20)(H,21,22)/t14-/m0/s1. The smallest absolute Gasteiger partial charge is 0.251 e. The number of amides is 1. The summed E-state index contributed by atoms with van der Waals surface area (Å²) in [6.07, 6.45) is 8.82. The lowest BCUT2D eigenvalue weighted by Crippen LogP contribution is -2.41. The first-order valence-corrected chi connectivity index (χ1v) is 8.28. The predicted octanol–water partition coefficient (Wildman–Crippen LogP) is 3.64. The maximum absolute atomic E-state index is 12.0. The van der Waals surface area contributed by atoms with E-state index in [2.05, 4.69) is 12.2 Å². The van der Waals surface area contributed by atoms with Gasteiger partial charge in [-0.25, -0.2) is 0 Å². The van der Waals surface area contributed by atoms with Crippen LogP contribution in [0.4, 0.5) is 0 Å². The molecule has 0 aliphatic rings. The third kappa shape index (κ3) is 6.74. The summed E-state index contributed by atoms with van der Waals surface area (Å²) in [5.74, 6) is -0.221. The highest BCUT2D eigenvalue weighted by Crippen LogP contribution is 2.11. The predicted molar refractivity (Wildman–Crippen MR) is 92.4 cm³/mol. The Morgan fingerprint density at radius 3 is 2.32 bits per heavy atom. The van der Waals surface area contributed by atoms with Gasteiger partial charge in [-0.15, -0.1) is 0 Å². The van der Waals surface area contributed by atoms with Crippen molar-refractivity contribution in [1.29, 1.82) is 5.41 Å². The molecule has 1 aromatic carbocycles. The zero-order chi connectivity index (χ0) is 16.4. The van der Waals surface area contributed by atoms with Gasteiger partial charge in [0.1, 0.15) is 5.84 Å². The lowest BCUT2D eigenvalue weighted by atomic mass is 10.0. The van der Waals surface area contributed by atoms with Crippen LogP contribution >= 0.6 is 0 Å². The van der Waals surface area contributed by atoms with E-state index in [0.29, 0.717) is 5.56 Å². The van der Waals surface area contributed by atoms with Crippen LogP contribution in [0.1, 0.15) is 68.3 Å². The van der Waals surface area contributed by atoms with E-state index >= 15 is 0 Å². The Balaban J connectivity index is 2.36. The molecule has 0 spiro atoms. The van der Waals surface area contributed by atoms with Crippen LogP contribution in [0.5, 0.6) is 0 Å². The first kappa shape index (κ1) is 18.2. The molecule has 0 bridgehead atoms. The first-order valence-electron chi connectivity index (χ1n) is 8.28. The highest BCUT2D eigenvalue weighted by atomic mass is 16.1. The van der Waals surface area contributed by atoms with Crippen LogP contribution in [0.15, 0.2) is 24.3 Å². The average Bonchev–Trinajstić information content (AvgIpc) is 2.51. The van der Waals surface area contributed by atoms with Crippen molar-refractivity contribution >= 4 is 11.7 Å². The number of carbonyl (C=O) groups excluding carboxylic acids is 1. The van der Waals surface area contributed by atoms with Gasteiger partial charge in [-0.2, -0.15) is 0 Å². The van der Waals surface area contributed by atoms with E-state index in [9.17, 15) is 4.79 Å². The minimum atomic E-state index is -0.435. The van der Waals surface area contributed by atoms with E-state index < -0.39 is 6.04 Å². The number of hydrogen-bond donors (Lipinski definition) is 3. The quantitative estimate of drug-likeness (QED) is 0.350. The Morgan fingerprint density at radius 1 is 1.14 bits per heavy atom. The molecule has 22 heavy (non-hydrogen) atoms. The summed E-state index contributed by atoms with van der Waals surface area (Å²) in [5, 5.41) is 9.99. The van der Waals surface area contributed by atoms with Gasteiger partial charge in [-0.3, -0.25) is 10.2 Å². The van der Waals surface area contributed by atoms with Crippen molar-refractivity contribution in [3.63, 3.8) is 0 Å². The van der Waals surface area contributed by atoms with Crippen molar-refractivity contribution in [2.45, 2.75) is 64.8 Å². The fraction of sp³-hybridized carbons (Fsp3) is 0.556. The third-order valence-electron chi connectivity index (χ3n) is 3.85. The molecule has 0 heterocycles. The second kappa shape index (κ2) is 9.98. The van der Waals surface area contributed by atoms with E-state index in [1.807, 2.05) is 24.3 Å². The highest BCUT2D eigenvalue weighted by Gasteiger charge is 2.11. The monoisotopic (exact) mass is 303 g/mol. The van der Waals surface area contributed by atoms with Crippen molar-refractivity contribution in [2.24, 2.45) is 5.73 Å². The number of nitrogens with two attached hydrogens (primary N) is 1. The van der Waals surface area contributed by atoms with Gasteiger partial charge >= 0.3 is 0 Å². The van der Waals surface area contributed by atoms with Gasteiger partial charge in [0.25, 0.3) is 5.91 Å². The maximum atomic E-state index is 12.0. The number of carbonyl (C=O) groups is 1. The molecule has 0 aromatic heterocycles. The molecule has 0 radical (unpaired) electrons. The number of amidine groups is 1. The van der Waals surface area contributed by atoms with Gasteiger partial charge in [0.15, 0.2) is 0 Å². The summed E-state index contributed by atoms with van der Waals surface area (Å²) in [6, 6.07) is 7.28. The van der Waals surface area contributed by atoms with Crippen molar-refractivity contribution in [3.8, 4) is 0 Å². The minimum absolute atomic E-state index is 0.0342. The van der Waals surface area contributed by atoms with E-state index in [4.69, 9.17) is 11.1 Å². The normalized spacial score (nSPS) is 11.9. The number of hydrogen-bond acceptors (Lipinski definition) is 2. The highest BCUT2D eigenvalue weighted by molar-refractivity contribution is 5.97. The van der Waals surface area contributed by atoms with Crippen molar-refractivity contribution in [2.75, 3.05) is 0 Å². The van der Waals surface area contributed by atoms with E-state index in [0.717, 1.165) is 6.42 Å². The molecule has 4 nitrogen and oxygen atoms in total. The molecule has 4 heteroatoms. The molecule has 1 rings (SSSR count). The fourth-order valence-corrected chi connectivity index (χ4v) is 2.29. The lowest BCUT2D eigenvalue weighted by molar-refractivity contribution is 0.0949. The molecule has 0 fully saturated rings. The summed E-state index contributed by atoms with van der Waals surface area (Å²) in [5.41, 5.74) is 7.23. The molecular formula is C18H29N3O. The molecule has 0 saturated carbocycles. The summed E-state index contributed by atoms with van der Waals surface area (Å²) >= 11 is 0.